The number of imidazole rings is 1. The summed E-state index contributed by atoms with van der Waals surface area (Å²) in [5.74, 6) is 0.545. The minimum Gasteiger partial charge on any atom is -0.491 e. The molecule has 6 rings (SSSR count). The molecule has 1 aliphatic heterocycles. The molecule has 5 heterocycles. The largest absolute Gasteiger partial charge is 0.491 e. The third-order valence-electron chi connectivity index (χ3n) is 8.18. The molecule has 218 valence electrons. The van der Waals surface area contributed by atoms with Gasteiger partial charge >= 0.3 is 6.09 Å². The second-order valence-electron chi connectivity index (χ2n) is 10.8. The van der Waals surface area contributed by atoms with Gasteiger partial charge in [-0.1, -0.05) is 37.8 Å². The number of nitrogens with two attached hydrogens (primary N) is 1. The molecule has 0 radical (unpaired) electrons. The number of pyridine rings is 2. The van der Waals surface area contributed by atoms with Crippen LogP contribution in [0.15, 0.2) is 36.8 Å². The Morgan fingerprint density at radius 3 is 2.76 bits per heavy atom. The Morgan fingerprint density at radius 1 is 1.24 bits per heavy atom. The number of hydrogen-bond donors (Lipinski definition) is 2. The summed E-state index contributed by atoms with van der Waals surface area (Å²) in [5.41, 5.74) is 4.63. The Bertz CT molecular complexity index is 1670. The molecule has 1 aliphatic carbocycles. The van der Waals surface area contributed by atoms with E-state index >= 15 is 4.39 Å². The molecule has 0 spiro atoms. The fourth-order valence-electron chi connectivity index (χ4n) is 6.03. The van der Waals surface area contributed by atoms with Crippen molar-refractivity contribution in [3.8, 4) is 17.0 Å². The van der Waals surface area contributed by atoms with Crippen LogP contribution in [0.2, 0.25) is 5.02 Å². The number of nitrogens with one attached hydrogen (secondary N) is 1. The van der Waals surface area contributed by atoms with Gasteiger partial charge in [-0.05, 0) is 42.9 Å². The molecule has 13 heteroatoms. The number of hydrogen-bond acceptors (Lipinski definition) is 9. The van der Waals surface area contributed by atoms with Crippen LogP contribution in [0, 0.1) is 17.2 Å². The fourth-order valence-corrected chi connectivity index (χ4v) is 6.20. The molecule has 1 atom stereocenters. The average molecular weight is 593 g/mol. The van der Waals surface area contributed by atoms with E-state index in [4.69, 9.17) is 37.2 Å². The van der Waals surface area contributed by atoms with E-state index in [2.05, 4.69) is 26.9 Å². The van der Waals surface area contributed by atoms with Crippen molar-refractivity contribution < 1.29 is 18.7 Å². The summed E-state index contributed by atoms with van der Waals surface area (Å²) in [6.45, 7) is 2.84. The van der Waals surface area contributed by atoms with Gasteiger partial charge in [0, 0.05) is 37.1 Å². The number of halogens is 2. The van der Waals surface area contributed by atoms with Crippen molar-refractivity contribution in [1.82, 2.24) is 29.5 Å². The second kappa shape index (κ2) is 11.2. The van der Waals surface area contributed by atoms with Crippen molar-refractivity contribution in [3.05, 3.63) is 59.2 Å². The van der Waals surface area contributed by atoms with E-state index < -0.39 is 17.7 Å². The summed E-state index contributed by atoms with van der Waals surface area (Å²) < 4.78 is 29.8. The number of primary amides is 1. The summed E-state index contributed by atoms with van der Waals surface area (Å²) in [6.07, 6.45) is 8.75. The molecule has 4 aromatic rings. The molecular formula is C29H30ClFN8O3. The van der Waals surface area contributed by atoms with Crippen LogP contribution in [0.3, 0.4) is 0 Å². The number of carbonyl (C=O) groups excluding carboxylic acids is 1. The van der Waals surface area contributed by atoms with Crippen molar-refractivity contribution in [2.45, 2.75) is 57.7 Å². The maximum Gasteiger partial charge on any atom is 0.411 e. The monoisotopic (exact) mass is 592 g/mol. The first kappa shape index (κ1) is 28.0. The molecule has 0 bridgehead atoms. The van der Waals surface area contributed by atoms with Crippen molar-refractivity contribution >= 4 is 34.8 Å². The molecule has 1 saturated carbocycles. The molecular weight excluding hydrogens is 563 g/mol. The van der Waals surface area contributed by atoms with Gasteiger partial charge < -0.3 is 19.8 Å². The van der Waals surface area contributed by atoms with Crippen molar-refractivity contribution in [3.63, 3.8) is 0 Å². The van der Waals surface area contributed by atoms with E-state index in [1.807, 2.05) is 4.57 Å². The SMILES string of the molecule is CCC1CCC(Cn2c(C3(F)CCOc4cccnc43)nc3nc(C(=N)OC(N)=O)nc(-c4cncc(Cl)c4)c32)CC1. The molecule has 1 amide bonds. The maximum absolute atomic E-state index is 17.5. The zero-order chi connectivity index (χ0) is 29.4. The predicted molar refractivity (Wildman–Crippen MR) is 153 cm³/mol. The zero-order valence-electron chi connectivity index (χ0n) is 23.0. The third kappa shape index (κ3) is 5.15. The first-order chi connectivity index (χ1) is 20.3. The van der Waals surface area contributed by atoms with Gasteiger partial charge in [0.1, 0.15) is 22.7 Å². The van der Waals surface area contributed by atoms with E-state index in [9.17, 15) is 4.79 Å². The van der Waals surface area contributed by atoms with Crippen LogP contribution in [0.25, 0.3) is 22.4 Å². The Hall–Kier alpha value is -4.19. The van der Waals surface area contributed by atoms with Crippen molar-refractivity contribution in [2.24, 2.45) is 17.6 Å². The molecule has 42 heavy (non-hydrogen) atoms. The van der Waals surface area contributed by atoms with Crippen LogP contribution >= 0.6 is 11.6 Å². The standard InChI is InChI=1S/C29H30ClFN8O3/c1-2-16-5-7-17(8-6-16)15-39-22-21(18-12-19(30)14-34-13-18)36-26(24(32)42-28(33)40)37-25(22)38-27(39)29(31)9-11-41-20-4-3-10-35-23(20)29/h3-4,10,12-14,16-17,32H,2,5-9,11,15H2,1H3,(H2,33,40). The van der Waals surface area contributed by atoms with Crippen LogP contribution < -0.4 is 10.5 Å². The molecule has 0 saturated heterocycles. The lowest BCUT2D eigenvalue weighted by molar-refractivity contribution is 0.110. The normalized spacial score (nSPS) is 21.9. The highest BCUT2D eigenvalue weighted by Crippen LogP contribution is 2.45. The molecule has 0 aromatic carbocycles. The van der Waals surface area contributed by atoms with Gasteiger partial charge in [0.2, 0.25) is 11.5 Å². The molecule has 11 nitrogen and oxygen atoms in total. The van der Waals surface area contributed by atoms with E-state index in [1.54, 1.807) is 24.4 Å². The highest BCUT2D eigenvalue weighted by Gasteiger charge is 2.46. The van der Waals surface area contributed by atoms with Crippen LogP contribution in [-0.2, 0) is 17.0 Å². The van der Waals surface area contributed by atoms with Gasteiger partial charge in [0.25, 0.3) is 5.90 Å². The van der Waals surface area contributed by atoms with Gasteiger partial charge in [-0.25, -0.2) is 24.1 Å². The fraction of sp³-hybridized carbons (Fsp3) is 0.414. The predicted octanol–water partition coefficient (Wildman–Crippen LogP) is 5.57. The number of aromatic nitrogens is 6. The summed E-state index contributed by atoms with van der Waals surface area (Å²) in [5, 5.41) is 8.60. The lowest BCUT2D eigenvalue weighted by Gasteiger charge is -2.33. The second-order valence-corrected chi connectivity index (χ2v) is 11.2. The maximum atomic E-state index is 17.5. The van der Waals surface area contributed by atoms with Gasteiger partial charge in [-0.2, -0.15) is 0 Å². The highest BCUT2D eigenvalue weighted by atomic mass is 35.5. The summed E-state index contributed by atoms with van der Waals surface area (Å²) in [4.78, 5) is 33.8. The number of carbonyl (C=O) groups is 1. The summed E-state index contributed by atoms with van der Waals surface area (Å²) in [6, 6.07) is 5.06. The lowest BCUT2D eigenvalue weighted by atomic mass is 9.80. The van der Waals surface area contributed by atoms with Gasteiger partial charge in [0.05, 0.1) is 11.6 Å². The molecule has 1 unspecified atom stereocenters. The topological polar surface area (TPSA) is 155 Å². The van der Waals surface area contributed by atoms with Crippen LogP contribution in [0.1, 0.15) is 62.8 Å². The Labute approximate surface area is 246 Å². The molecule has 4 aromatic heterocycles. The Kier molecular flexibility index (Phi) is 7.48. The summed E-state index contributed by atoms with van der Waals surface area (Å²) >= 11 is 6.31. The highest BCUT2D eigenvalue weighted by molar-refractivity contribution is 6.30. The van der Waals surface area contributed by atoms with E-state index in [0.29, 0.717) is 40.0 Å². The minimum atomic E-state index is -2.09. The van der Waals surface area contributed by atoms with Gasteiger partial charge in [-0.3, -0.25) is 15.4 Å². The van der Waals surface area contributed by atoms with Gasteiger partial charge in [0.15, 0.2) is 11.5 Å². The molecule has 1 fully saturated rings. The minimum absolute atomic E-state index is 0.00213. The molecule has 3 N–H and O–H groups in total. The summed E-state index contributed by atoms with van der Waals surface area (Å²) in [7, 11) is 0. The quantitative estimate of drug-likeness (QED) is 0.217. The van der Waals surface area contributed by atoms with E-state index in [1.165, 1.54) is 12.4 Å². The Balaban J connectivity index is 1.60. The smallest absolute Gasteiger partial charge is 0.411 e. The third-order valence-corrected chi connectivity index (χ3v) is 8.38. The number of ether oxygens (including phenoxy) is 2. The first-order valence-electron chi connectivity index (χ1n) is 14.0. The van der Waals surface area contributed by atoms with Gasteiger partial charge in [-0.15, -0.1) is 0 Å². The number of fused-ring (bicyclic) bond motifs is 2. The van der Waals surface area contributed by atoms with Crippen LogP contribution in [0.5, 0.6) is 5.75 Å². The van der Waals surface area contributed by atoms with Crippen molar-refractivity contribution in [1.29, 1.82) is 5.41 Å². The number of nitrogens with zero attached hydrogens (tertiary/aromatic N) is 6. The number of rotatable bonds is 6. The van der Waals surface area contributed by atoms with Crippen molar-refractivity contribution in [2.75, 3.05) is 6.61 Å². The van der Waals surface area contributed by atoms with Crippen LogP contribution in [0.4, 0.5) is 9.18 Å². The first-order valence-corrected chi connectivity index (χ1v) is 14.4. The van der Waals surface area contributed by atoms with E-state index in [0.717, 1.165) is 32.1 Å². The zero-order valence-corrected chi connectivity index (χ0v) is 23.8. The number of alkyl halides is 1. The number of amides is 1. The van der Waals surface area contributed by atoms with E-state index in [-0.39, 0.29) is 41.9 Å². The molecule has 2 aliphatic rings. The Morgan fingerprint density at radius 2 is 2.02 bits per heavy atom. The average Bonchev–Trinajstić information content (AvgIpc) is 3.36. The lowest BCUT2D eigenvalue weighted by Crippen LogP contribution is -2.34. The van der Waals surface area contributed by atoms with Crippen LogP contribution in [-0.4, -0.2) is 48.1 Å².